The number of carbonyl (C=O) groups is 1. The molecule has 1 N–H and O–H groups in total. The highest BCUT2D eigenvalue weighted by atomic mass is 16.3. The van der Waals surface area contributed by atoms with E-state index in [9.17, 15) is 9.90 Å². The summed E-state index contributed by atoms with van der Waals surface area (Å²) >= 11 is 0. The van der Waals surface area contributed by atoms with Crippen LogP contribution in [0.5, 0.6) is 5.75 Å². The van der Waals surface area contributed by atoms with Gasteiger partial charge in [-0.1, -0.05) is 12.1 Å². The standard InChI is InChI=1S/C13H18N2O2/c1-14(2)10-7-8-15(9-10)13(17)11-5-3-4-6-12(11)16/h3-6,10,16H,7-9H2,1-2H3. The molecule has 1 aliphatic heterocycles. The summed E-state index contributed by atoms with van der Waals surface area (Å²) in [5, 5.41) is 9.66. The summed E-state index contributed by atoms with van der Waals surface area (Å²) in [5.41, 5.74) is 0.395. The van der Waals surface area contributed by atoms with Gasteiger partial charge in [-0.05, 0) is 32.6 Å². The van der Waals surface area contributed by atoms with Crippen molar-refractivity contribution in [1.29, 1.82) is 0 Å². The van der Waals surface area contributed by atoms with Gasteiger partial charge in [0.05, 0.1) is 5.56 Å². The van der Waals surface area contributed by atoms with Gasteiger partial charge in [-0.15, -0.1) is 0 Å². The summed E-state index contributed by atoms with van der Waals surface area (Å²) in [7, 11) is 4.05. The molecular formula is C13H18N2O2. The number of benzene rings is 1. The lowest BCUT2D eigenvalue weighted by molar-refractivity contribution is 0.0780. The van der Waals surface area contributed by atoms with Crippen molar-refractivity contribution in [1.82, 2.24) is 9.80 Å². The Balaban J connectivity index is 2.10. The molecule has 1 saturated heterocycles. The van der Waals surface area contributed by atoms with Gasteiger partial charge in [0, 0.05) is 19.1 Å². The fraction of sp³-hybridized carbons (Fsp3) is 0.462. The number of rotatable bonds is 2. The van der Waals surface area contributed by atoms with Crippen molar-refractivity contribution in [3.8, 4) is 5.75 Å². The number of amides is 1. The van der Waals surface area contributed by atoms with Crippen LogP contribution in [0.2, 0.25) is 0 Å². The fourth-order valence-electron chi connectivity index (χ4n) is 2.17. The Morgan fingerprint density at radius 1 is 1.41 bits per heavy atom. The van der Waals surface area contributed by atoms with Crippen molar-refractivity contribution >= 4 is 5.91 Å². The Kier molecular flexibility index (Phi) is 3.33. The molecule has 0 saturated carbocycles. The van der Waals surface area contributed by atoms with Crippen molar-refractivity contribution in [3.05, 3.63) is 29.8 Å². The first-order valence-electron chi connectivity index (χ1n) is 5.83. The number of aromatic hydroxyl groups is 1. The molecule has 2 rings (SSSR count). The lowest BCUT2D eigenvalue weighted by Crippen LogP contribution is -2.34. The third-order valence-electron chi connectivity index (χ3n) is 3.32. The van der Waals surface area contributed by atoms with Gasteiger partial charge < -0.3 is 14.9 Å². The van der Waals surface area contributed by atoms with E-state index in [4.69, 9.17) is 0 Å². The van der Waals surface area contributed by atoms with E-state index >= 15 is 0 Å². The zero-order chi connectivity index (χ0) is 12.4. The highest BCUT2D eigenvalue weighted by Gasteiger charge is 2.28. The molecule has 1 atom stereocenters. The van der Waals surface area contributed by atoms with Gasteiger partial charge in [0.15, 0.2) is 0 Å². The van der Waals surface area contributed by atoms with E-state index in [-0.39, 0.29) is 11.7 Å². The number of likely N-dealkylation sites (tertiary alicyclic amines) is 1. The second kappa shape index (κ2) is 4.75. The van der Waals surface area contributed by atoms with Crippen molar-refractivity contribution < 1.29 is 9.90 Å². The molecule has 0 radical (unpaired) electrons. The molecular weight excluding hydrogens is 216 g/mol. The quantitative estimate of drug-likeness (QED) is 0.835. The van der Waals surface area contributed by atoms with Crippen LogP contribution < -0.4 is 0 Å². The summed E-state index contributed by atoms with van der Waals surface area (Å²) in [6.45, 7) is 1.50. The maximum Gasteiger partial charge on any atom is 0.257 e. The van der Waals surface area contributed by atoms with Crippen molar-refractivity contribution in [2.75, 3.05) is 27.2 Å². The molecule has 1 heterocycles. The summed E-state index contributed by atoms with van der Waals surface area (Å²) < 4.78 is 0. The molecule has 1 aromatic rings. The van der Waals surface area contributed by atoms with Crippen LogP contribution in [0.3, 0.4) is 0 Å². The van der Waals surface area contributed by atoms with Gasteiger partial charge >= 0.3 is 0 Å². The van der Waals surface area contributed by atoms with E-state index in [0.29, 0.717) is 11.6 Å². The Morgan fingerprint density at radius 2 is 2.12 bits per heavy atom. The molecule has 0 aliphatic carbocycles. The lowest BCUT2D eigenvalue weighted by Gasteiger charge is -2.20. The first-order valence-corrected chi connectivity index (χ1v) is 5.83. The number of hydrogen-bond acceptors (Lipinski definition) is 3. The van der Waals surface area contributed by atoms with Gasteiger partial charge in [-0.3, -0.25) is 4.79 Å². The second-order valence-corrected chi connectivity index (χ2v) is 4.67. The van der Waals surface area contributed by atoms with Crippen LogP contribution >= 0.6 is 0 Å². The third kappa shape index (κ3) is 2.42. The topological polar surface area (TPSA) is 43.8 Å². The summed E-state index contributed by atoms with van der Waals surface area (Å²) in [4.78, 5) is 16.1. The molecule has 17 heavy (non-hydrogen) atoms. The predicted molar refractivity (Wildman–Crippen MR) is 66.1 cm³/mol. The number of para-hydroxylation sites is 1. The zero-order valence-electron chi connectivity index (χ0n) is 10.3. The summed E-state index contributed by atoms with van der Waals surface area (Å²) in [6, 6.07) is 7.13. The Hall–Kier alpha value is -1.55. The average Bonchev–Trinajstić information content (AvgIpc) is 2.78. The van der Waals surface area contributed by atoms with Crippen LogP contribution in [0.1, 0.15) is 16.8 Å². The number of likely N-dealkylation sites (N-methyl/N-ethyl adjacent to an activating group) is 1. The van der Waals surface area contributed by atoms with Crippen molar-refractivity contribution in [2.24, 2.45) is 0 Å². The minimum Gasteiger partial charge on any atom is -0.507 e. The molecule has 4 nitrogen and oxygen atoms in total. The van der Waals surface area contributed by atoms with Crippen LogP contribution in [0.15, 0.2) is 24.3 Å². The molecule has 4 heteroatoms. The minimum atomic E-state index is -0.0764. The highest BCUT2D eigenvalue weighted by molar-refractivity contribution is 5.96. The molecule has 1 aromatic carbocycles. The molecule has 1 unspecified atom stereocenters. The number of nitrogens with zero attached hydrogens (tertiary/aromatic N) is 2. The van der Waals surface area contributed by atoms with Gasteiger partial charge in [0.1, 0.15) is 5.75 Å². The second-order valence-electron chi connectivity index (χ2n) is 4.67. The first kappa shape index (κ1) is 11.9. The third-order valence-corrected chi connectivity index (χ3v) is 3.32. The van der Waals surface area contributed by atoms with Crippen molar-refractivity contribution in [3.63, 3.8) is 0 Å². The van der Waals surface area contributed by atoms with Gasteiger partial charge in [-0.2, -0.15) is 0 Å². The molecule has 0 aromatic heterocycles. The van der Waals surface area contributed by atoms with E-state index in [1.54, 1.807) is 29.2 Å². The van der Waals surface area contributed by atoms with Gasteiger partial charge in [0.2, 0.25) is 0 Å². The van der Waals surface area contributed by atoms with Gasteiger partial charge in [-0.25, -0.2) is 0 Å². The SMILES string of the molecule is CN(C)C1CCN(C(=O)c2ccccc2O)C1. The number of hydrogen-bond donors (Lipinski definition) is 1. The van der Waals surface area contributed by atoms with E-state index < -0.39 is 0 Å². The number of phenolic OH excluding ortho intramolecular Hbond substituents is 1. The predicted octanol–water partition coefficient (Wildman–Crippen LogP) is 1.17. The smallest absolute Gasteiger partial charge is 0.257 e. The molecule has 1 amide bonds. The van der Waals surface area contributed by atoms with E-state index in [2.05, 4.69) is 4.90 Å². The Bertz CT molecular complexity index is 418. The number of phenols is 1. The minimum absolute atomic E-state index is 0.0609. The van der Waals surface area contributed by atoms with Crippen molar-refractivity contribution in [2.45, 2.75) is 12.5 Å². The van der Waals surface area contributed by atoms with Crippen LogP contribution in [0.25, 0.3) is 0 Å². The largest absolute Gasteiger partial charge is 0.507 e. The number of carbonyl (C=O) groups excluding carboxylic acids is 1. The maximum atomic E-state index is 12.2. The molecule has 0 spiro atoms. The Labute approximate surface area is 101 Å². The lowest BCUT2D eigenvalue weighted by atomic mass is 10.2. The molecule has 1 fully saturated rings. The normalized spacial score (nSPS) is 19.9. The van der Waals surface area contributed by atoms with Crippen LogP contribution in [-0.4, -0.2) is 54.0 Å². The van der Waals surface area contributed by atoms with Crippen LogP contribution in [-0.2, 0) is 0 Å². The highest BCUT2D eigenvalue weighted by Crippen LogP contribution is 2.21. The Morgan fingerprint density at radius 3 is 2.71 bits per heavy atom. The molecule has 1 aliphatic rings. The summed E-state index contributed by atoms with van der Waals surface area (Å²) in [5.74, 6) is -0.0155. The maximum absolute atomic E-state index is 12.2. The monoisotopic (exact) mass is 234 g/mol. The van der Waals surface area contributed by atoms with E-state index in [0.717, 1.165) is 19.5 Å². The fourth-order valence-corrected chi connectivity index (χ4v) is 2.17. The van der Waals surface area contributed by atoms with Crippen LogP contribution in [0.4, 0.5) is 0 Å². The van der Waals surface area contributed by atoms with Crippen LogP contribution in [0, 0.1) is 0 Å². The molecule has 0 bridgehead atoms. The average molecular weight is 234 g/mol. The van der Waals surface area contributed by atoms with E-state index in [1.807, 2.05) is 14.1 Å². The molecule has 92 valence electrons. The summed E-state index contributed by atoms with van der Waals surface area (Å²) in [6.07, 6.45) is 0.992. The van der Waals surface area contributed by atoms with Gasteiger partial charge in [0.25, 0.3) is 5.91 Å². The van der Waals surface area contributed by atoms with E-state index in [1.165, 1.54) is 0 Å². The first-order chi connectivity index (χ1) is 8.09. The zero-order valence-corrected chi connectivity index (χ0v) is 10.3.